The van der Waals surface area contributed by atoms with Gasteiger partial charge < -0.3 is 15.7 Å². The Kier molecular flexibility index (Phi) is 41.4. The standard InChI is InChI=1S/4C12H21Si.C10H15.C3H9P.Mo.4Y.11H/c4*1-8-9(2)11(4)12(10(8)3)13(5,6)7;1-6-7(2)9(4)10(5)8(6)3;1-4(2)3;;;;;;;;;;;;;;;;/h4*1-7H3;1-5H3;1-3H3;;;;;;;;;;;;;;;;/q5*-1;;+4;4*+3;11*-1. The van der Waals surface area contributed by atoms with E-state index >= 15 is 0 Å². The molecule has 0 spiro atoms. The summed E-state index contributed by atoms with van der Waals surface area (Å²) in [5.74, 6) is 0. The summed E-state index contributed by atoms with van der Waals surface area (Å²) in [5, 5.41) is 6.73. The van der Waals surface area contributed by atoms with E-state index < -0.39 is 32.3 Å². The number of hydrogen-bond donors (Lipinski definition) is 0. The first kappa shape index (κ1) is 85.4. The number of hydrogen-bond acceptors (Lipinski definition) is 0. The van der Waals surface area contributed by atoms with E-state index in [4.69, 9.17) is 0 Å². The van der Waals surface area contributed by atoms with Crippen LogP contribution in [0.4, 0.5) is 0 Å². The Balaban J connectivity index is -0.0000000403. The van der Waals surface area contributed by atoms with Gasteiger partial charge in [-0.2, -0.15) is 138 Å². The van der Waals surface area contributed by atoms with Crippen LogP contribution in [-0.4, -0.2) is 52.3 Å². The zero-order valence-corrected chi connectivity index (χ0v) is 71.9. The summed E-state index contributed by atoms with van der Waals surface area (Å²) in [4.78, 5) is 0. The minimum absolute atomic E-state index is 0. The molecule has 0 atom stereocenters. The van der Waals surface area contributed by atoms with Crippen molar-refractivity contribution in [2.24, 2.45) is 0 Å². The van der Waals surface area contributed by atoms with Crippen LogP contribution in [-0.2, 0) is 152 Å². The largest absolute Gasteiger partial charge is 4.00 e. The van der Waals surface area contributed by atoms with Gasteiger partial charge in [-0.3, -0.25) is 0 Å². The van der Waals surface area contributed by atoms with E-state index in [0.717, 1.165) is 0 Å². The fourth-order valence-corrected chi connectivity index (χ4v) is 21.3. The Morgan fingerprint density at radius 1 is 0.254 bits per heavy atom. The van der Waals surface area contributed by atoms with Gasteiger partial charge in [0.2, 0.25) is 0 Å². The van der Waals surface area contributed by atoms with Gasteiger partial charge in [0, 0.05) is 32.3 Å². The van der Waals surface area contributed by atoms with Crippen LogP contribution in [0.15, 0.2) is 0 Å². The Morgan fingerprint density at radius 3 is 0.380 bits per heavy atom. The summed E-state index contributed by atoms with van der Waals surface area (Å²) in [6.45, 7) is 83.1. The molecule has 0 amide bonds. The van der Waals surface area contributed by atoms with Crippen molar-refractivity contribution in [3.05, 3.63) is 117 Å². The third-order valence-corrected chi connectivity index (χ3v) is 24.6. The molecule has 5 aromatic rings. The molecular weight excluding hydrogens is 1330 g/mol. The van der Waals surface area contributed by atoms with E-state index in [2.05, 4.69) is 244 Å². The summed E-state index contributed by atoms with van der Waals surface area (Å²) >= 11 is 0. The second-order valence-corrected chi connectivity index (χ2v) is 47.6. The van der Waals surface area contributed by atoms with Gasteiger partial charge >= 0.3 is 152 Å². The van der Waals surface area contributed by atoms with Gasteiger partial charge in [0.05, 0.1) is 0 Å². The molecule has 402 valence electrons. The van der Waals surface area contributed by atoms with E-state index in [1.165, 1.54) is 72.3 Å². The van der Waals surface area contributed by atoms with Gasteiger partial charge in [0.1, 0.15) is 0 Å². The Hall–Kier alpha value is 3.15. The van der Waals surface area contributed by atoms with Crippen molar-refractivity contribution >= 4 is 61.0 Å². The van der Waals surface area contributed by atoms with Crippen molar-refractivity contribution < 1.29 is 168 Å². The Bertz CT molecular complexity index is 1990. The van der Waals surface area contributed by atoms with Crippen LogP contribution in [0.3, 0.4) is 0 Å². The average molecular weight is 1450 g/mol. The first-order chi connectivity index (χ1) is 29.3. The van der Waals surface area contributed by atoms with Crippen molar-refractivity contribution in [3.8, 4) is 0 Å². The second-order valence-electron chi connectivity index (χ2n) is 25.0. The van der Waals surface area contributed by atoms with Crippen LogP contribution >= 0.6 is 7.92 Å². The summed E-state index contributed by atoms with van der Waals surface area (Å²) in [6, 6.07) is 0. The van der Waals surface area contributed by atoms with Gasteiger partial charge in [0.25, 0.3) is 0 Å². The number of rotatable bonds is 4. The van der Waals surface area contributed by atoms with Crippen LogP contribution in [0.2, 0.25) is 78.6 Å². The average Bonchev–Trinajstić information content (AvgIpc) is 3.72. The van der Waals surface area contributed by atoms with Crippen LogP contribution < -0.4 is 20.7 Å². The minimum atomic E-state index is -1.13. The van der Waals surface area contributed by atoms with Gasteiger partial charge in [-0.05, 0) is 20.0 Å². The molecule has 0 aliphatic rings. The molecule has 0 radical (unpaired) electrons. The zero-order valence-electron chi connectivity index (χ0n) is 64.7. The molecular formula is C61H119MoPSi4Y4. The van der Waals surface area contributed by atoms with Crippen molar-refractivity contribution in [1.29, 1.82) is 0 Å². The predicted molar refractivity (Wildman–Crippen MR) is 338 cm³/mol. The van der Waals surface area contributed by atoms with Crippen molar-refractivity contribution in [2.45, 2.75) is 224 Å². The smallest absolute Gasteiger partial charge is 1.00 e. The molecule has 5 rings (SSSR count). The van der Waals surface area contributed by atoms with Gasteiger partial charge in [0.15, 0.2) is 0 Å². The Morgan fingerprint density at radius 2 is 0.338 bits per heavy atom. The van der Waals surface area contributed by atoms with Gasteiger partial charge in [-0.15, -0.1) is 7.92 Å². The monoisotopic (exact) mass is 1450 g/mol. The quantitative estimate of drug-likeness (QED) is 0.0956. The molecule has 0 N–H and O–H groups in total. The minimum Gasteiger partial charge on any atom is -1.00 e. The third kappa shape index (κ3) is 22.9. The van der Waals surface area contributed by atoms with E-state index in [9.17, 15) is 0 Å². The second kappa shape index (κ2) is 34.4. The molecule has 0 unspecified atom stereocenters. The van der Waals surface area contributed by atoms with Gasteiger partial charge in [-0.1, -0.05) is 224 Å². The molecule has 10 heteroatoms. The summed E-state index contributed by atoms with van der Waals surface area (Å²) in [5.41, 5.74) is 31.8. The summed E-state index contributed by atoms with van der Waals surface area (Å²) < 4.78 is 0. The normalized spacial score (nSPS) is 10.9. The van der Waals surface area contributed by atoms with E-state index in [0.29, 0.717) is 7.92 Å². The van der Waals surface area contributed by atoms with Crippen molar-refractivity contribution in [1.82, 2.24) is 0 Å². The molecule has 0 bridgehead atoms. The molecule has 0 heterocycles. The van der Waals surface area contributed by atoms with Crippen LogP contribution in [0.25, 0.3) is 0 Å². The maximum Gasteiger partial charge on any atom is 4.00 e. The maximum absolute atomic E-state index is 2.43. The molecule has 0 aromatic heterocycles. The zero-order chi connectivity index (χ0) is 53.0. The van der Waals surface area contributed by atoms with E-state index in [1.807, 2.05) is 0 Å². The first-order valence-electron chi connectivity index (χ1n) is 25.1. The molecule has 0 saturated carbocycles. The summed E-state index contributed by atoms with van der Waals surface area (Å²) in [6.07, 6.45) is 0. The Labute approximate surface area is 581 Å². The molecule has 71 heavy (non-hydrogen) atoms. The predicted octanol–water partition coefficient (Wildman–Crippen LogP) is 18.3. The van der Waals surface area contributed by atoms with Gasteiger partial charge in [-0.25, -0.2) is 0 Å². The van der Waals surface area contributed by atoms with Crippen LogP contribution in [0, 0.1) is 145 Å². The van der Waals surface area contributed by atoms with Crippen LogP contribution in [0.5, 0.6) is 0 Å². The fraction of sp³-hybridized carbons (Fsp3) is 0.590. The molecule has 0 aliphatic heterocycles. The fourth-order valence-electron chi connectivity index (χ4n) is 10.8. The molecule has 0 fully saturated rings. The van der Waals surface area contributed by atoms with E-state index in [1.54, 1.807) is 65.3 Å². The molecule has 5 aromatic carbocycles. The molecule has 0 saturated heterocycles. The molecule has 0 nitrogen and oxygen atoms in total. The van der Waals surface area contributed by atoms with E-state index in [-0.39, 0.29) is 168 Å². The van der Waals surface area contributed by atoms with Crippen LogP contribution in [0.1, 0.15) is 133 Å². The third-order valence-electron chi connectivity index (χ3n) is 15.6. The van der Waals surface area contributed by atoms with Crippen molar-refractivity contribution in [2.75, 3.05) is 20.0 Å². The topological polar surface area (TPSA) is 0 Å². The SMILES string of the molecule is CP(C)C.Cc1c(C)c(C)[c-](C)c1C.Cc1c(C)c(C)[c-]([Si](C)(C)C)c1C.Cc1c(C)c(C)[c-]([Si](C)(C)C)c1C.Cc1c(C)c(C)[c-]([Si](C)(C)C)c1C.Cc1c(C)c(C)[c-]([Si](C)(C)C)c1C.[H-].[H-].[H-].[H-].[H-].[H-].[H-].[H-].[H-].[H-].[H-].[Mo+4].[Y+3].[Y+3].[Y+3].[Y+3]. The molecule has 0 aliphatic carbocycles. The first-order valence-corrected chi connectivity index (χ1v) is 41.8. The summed E-state index contributed by atoms with van der Waals surface area (Å²) in [7, 11) is -4.15. The van der Waals surface area contributed by atoms with Crippen molar-refractivity contribution in [3.63, 3.8) is 0 Å². The maximum atomic E-state index is 2.43.